The topological polar surface area (TPSA) is 66.6 Å². The van der Waals surface area contributed by atoms with Gasteiger partial charge in [0.05, 0.1) is 11.7 Å². The van der Waals surface area contributed by atoms with Gasteiger partial charge in [0.2, 0.25) is 0 Å². The summed E-state index contributed by atoms with van der Waals surface area (Å²) in [5.41, 5.74) is 8.15. The Morgan fingerprint density at radius 1 is 1.26 bits per heavy atom. The standard InChI is InChI=1S/C15H22N2O2/c1-17(2)15(19)13-9-11(5-8-14(13)16)10-3-6-12(18)7-4-10/h5,8-10,12,18H,3-4,6-7,16H2,1-2H3. The smallest absolute Gasteiger partial charge is 0.255 e. The average molecular weight is 262 g/mol. The summed E-state index contributed by atoms with van der Waals surface area (Å²) in [5.74, 6) is 0.368. The van der Waals surface area contributed by atoms with Crippen LogP contribution in [0.25, 0.3) is 0 Å². The molecule has 0 bridgehead atoms. The zero-order chi connectivity index (χ0) is 14.0. The van der Waals surface area contributed by atoms with Gasteiger partial charge in [0, 0.05) is 19.8 Å². The molecule has 4 nitrogen and oxygen atoms in total. The highest BCUT2D eigenvalue weighted by atomic mass is 16.3. The van der Waals surface area contributed by atoms with E-state index in [2.05, 4.69) is 0 Å². The van der Waals surface area contributed by atoms with E-state index in [1.165, 1.54) is 0 Å². The Bertz CT molecular complexity index is 463. The van der Waals surface area contributed by atoms with E-state index in [0.29, 0.717) is 17.2 Å². The maximum Gasteiger partial charge on any atom is 0.255 e. The van der Waals surface area contributed by atoms with Crippen molar-refractivity contribution in [1.82, 2.24) is 4.90 Å². The van der Waals surface area contributed by atoms with Crippen LogP contribution in [0.15, 0.2) is 18.2 Å². The van der Waals surface area contributed by atoms with Crippen LogP contribution in [0.5, 0.6) is 0 Å². The molecule has 104 valence electrons. The molecule has 0 unspecified atom stereocenters. The predicted octanol–water partition coefficient (Wildman–Crippen LogP) is 1.99. The molecular formula is C15H22N2O2. The van der Waals surface area contributed by atoms with E-state index in [1.807, 2.05) is 18.2 Å². The molecule has 0 heterocycles. The van der Waals surface area contributed by atoms with Crippen molar-refractivity contribution < 1.29 is 9.90 Å². The molecule has 0 aliphatic heterocycles. The fraction of sp³-hybridized carbons (Fsp3) is 0.533. The van der Waals surface area contributed by atoms with Gasteiger partial charge < -0.3 is 15.7 Å². The fourth-order valence-electron chi connectivity index (χ4n) is 2.66. The molecule has 1 aromatic rings. The first-order valence-corrected chi connectivity index (χ1v) is 6.78. The van der Waals surface area contributed by atoms with Crippen LogP contribution in [0.1, 0.15) is 47.5 Å². The first kappa shape index (κ1) is 13.9. The molecule has 1 aliphatic carbocycles. The first-order valence-electron chi connectivity index (χ1n) is 6.78. The molecule has 0 spiro atoms. The van der Waals surface area contributed by atoms with Crippen molar-refractivity contribution >= 4 is 11.6 Å². The summed E-state index contributed by atoms with van der Waals surface area (Å²) in [6.45, 7) is 0. The Morgan fingerprint density at radius 3 is 2.47 bits per heavy atom. The molecule has 2 rings (SSSR count). The highest BCUT2D eigenvalue weighted by Crippen LogP contribution is 2.34. The monoisotopic (exact) mass is 262 g/mol. The van der Waals surface area contributed by atoms with Crippen LogP contribution in [0.4, 0.5) is 5.69 Å². The van der Waals surface area contributed by atoms with Crippen molar-refractivity contribution in [2.24, 2.45) is 0 Å². The molecule has 1 aromatic carbocycles. The van der Waals surface area contributed by atoms with Crippen molar-refractivity contribution in [3.8, 4) is 0 Å². The molecule has 19 heavy (non-hydrogen) atoms. The Labute approximate surface area is 114 Å². The van der Waals surface area contributed by atoms with Crippen LogP contribution in [-0.4, -0.2) is 36.1 Å². The molecule has 1 amide bonds. The highest BCUT2D eigenvalue weighted by Gasteiger charge is 2.22. The number of carbonyl (C=O) groups excluding carboxylic acids is 1. The number of nitrogen functional groups attached to an aromatic ring is 1. The third-order valence-corrected chi connectivity index (χ3v) is 3.88. The van der Waals surface area contributed by atoms with Crippen molar-refractivity contribution in [2.75, 3.05) is 19.8 Å². The minimum Gasteiger partial charge on any atom is -0.398 e. The van der Waals surface area contributed by atoms with Crippen molar-refractivity contribution in [3.63, 3.8) is 0 Å². The van der Waals surface area contributed by atoms with Gasteiger partial charge in [-0.15, -0.1) is 0 Å². The van der Waals surface area contributed by atoms with Crippen molar-refractivity contribution in [2.45, 2.75) is 37.7 Å². The number of amides is 1. The second-order valence-corrected chi connectivity index (χ2v) is 5.55. The summed E-state index contributed by atoms with van der Waals surface area (Å²) in [6.07, 6.45) is 3.47. The third kappa shape index (κ3) is 3.07. The Balaban J connectivity index is 2.23. The van der Waals surface area contributed by atoms with Gasteiger partial charge >= 0.3 is 0 Å². The molecule has 4 heteroatoms. The van der Waals surface area contributed by atoms with E-state index in [4.69, 9.17) is 5.73 Å². The normalized spacial score (nSPS) is 23.1. The largest absolute Gasteiger partial charge is 0.398 e. The molecule has 0 atom stereocenters. The summed E-state index contributed by atoms with van der Waals surface area (Å²) in [4.78, 5) is 13.6. The molecule has 0 radical (unpaired) electrons. The van der Waals surface area contributed by atoms with E-state index >= 15 is 0 Å². The lowest BCUT2D eigenvalue weighted by Gasteiger charge is -2.26. The number of anilines is 1. The van der Waals surface area contributed by atoms with Crippen LogP contribution in [0, 0.1) is 0 Å². The van der Waals surface area contributed by atoms with Crippen LogP contribution >= 0.6 is 0 Å². The lowest BCUT2D eigenvalue weighted by molar-refractivity contribution is 0.0828. The zero-order valence-corrected chi connectivity index (χ0v) is 11.6. The van der Waals surface area contributed by atoms with E-state index in [-0.39, 0.29) is 12.0 Å². The quantitative estimate of drug-likeness (QED) is 0.801. The molecule has 0 aromatic heterocycles. The van der Waals surface area contributed by atoms with Gasteiger partial charge in [-0.1, -0.05) is 6.07 Å². The van der Waals surface area contributed by atoms with Gasteiger partial charge in [0.25, 0.3) is 5.91 Å². The minimum absolute atomic E-state index is 0.0600. The number of nitrogens with zero attached hydrogens (tertiary/aromatic N) is 1. The lowest BCUT2D eigenvalue weighted by Crippen LogP contribution is -2.23. The van der Waals surface area contributed by atoms with E-state index < -0.39 is 0 Å². The van der Waals surface area contributed by atoms with Crippen LogP contribution in [0.3, 0.4) is 0 Å². The second-order valence-electron chi connectivity index (χ2n) is 5.55. The molecule has 1 fully saturated rings. The van der Waals surface area contributed by atoms with Crippen LogP contribution in [0.2, 0.25) is 0 Å². The van der Waals surface area contributed by atoms with Crippen molar-refractivity contribution in [3.05, 3.63) is 29.3 Å². The predicted molar refractivity (Wildman–Crippen MR) is 76.1 cm³/mol. The summed E-state index contributed by atoms with van der Waals surface area (Å²) in [7, 11) is 3.46. The number of hydrogen-bond donors (Lipinski definition) is 2. The first-order chi connectivity index (χ1) is 8.99. The van der Waals surface area contributed by atoms with E-state index in [1.54, 1.807) is 19.0 Å². The third-order valence-electron chi connectivity index (χ3n) is 3.88. The van der Waals surface area contributed by atoms with Crippen LogP contribution < -0.4 is 5.73 Å². The Hall–Kier alpha value is -1.55. The van der Waals surface area contributed by atoms with Gasteiger partial charge in [-0.05, 0) is 49.3 Å². The maximum atomic E-state index is 12.1. The van der Waals surface area contributed by atoms with Gasteiger partial charge in [-0.25, -0.2) is 0 Å². The summed E-state index contributed by atoms with van der Waals surface area (Å²) < 4.78 is 0. The number of aliphatic hydroxyl groups is 1. The Morgan fingerprint density at radius 2 is 1.89 bits per heavy atom. The van der Waals surface area contributed by atoms with Crippen LogP contribution in [-0.2, 0) is 0 Å². The van der Waals surface area contributed by atoms with Gasteiger partial charge in [-0.2, -0.15) is 0 Å². The highest BCUT2D eigenvalue weighted by molar-refractivity contribution is 5.99. The molecule has 1 saturated carbocycles. The number of rotatable bonds is 2. The number of aliphatic hydroxyl groups excluding tert-OH is 1. The van der Waals surface area contributed by atoms with E-state index in [0.717, 1.165) is 31.2 Å². The number of benzene rings is 1. The van der Waals surface area contributed by atoms with Gasteiger partial charge in [-0.3, -0.25) is 4.79 Å². The van der Waals surface area contributed by atoms with Gasteiger partial charge in [0.15, 0.2) is 0 Å². The maximum absolute atomic E-state index is 12.1. The number of hydrogen-bond acceptors (Lipinski definition) is 3. The minimum atomic E-state index is -0.159. The number of carbonyl (C=O) groups is 1. The summed E-state index contributed by atoms with van der Waals surface area (Å²) in [5, 5.41) is 9.55. The van der Waals surface area contributed by atoms with E-state index in [9.17, 15) is 9.90 Å². The summed E-state index contributed by atoms with van der Waals surface area (Å²) in [6, 6.07) is 5.74. The molecular weight excluding hydrogens is 240 g/mol. The SMILES string of the molecule is CN(C)C(=O)c1cc(C2CCC(O)CC2)ccc1N. The lowest BCUT2D eigenvalue weighted by atomic mass is 9.82. The molecule has 1 aliphatic rings. The fourth-order valence-corrected chi connectivity index (χ4v) is 2.66. The second kappa shape index (κ2) is 5.61. The van der Waals surface area contributed by atoms with Gasteiger partial charge in [0.1, 0.15) is 0 Å². The van der Waals surface area contributed by atoms with Crippen molar-refractivity contribution in [1.29, 1.82) is 0 Å². The zero-order valence-electron chi connectivity index (χ0n) is 11.6. The molecule has 3 N–H and O–H groups in total. The number of nitrogens with two attached hydrogens (primary N) is 1. The summed E-state index contributed by atoms with van der Waals surface area (Å²) >= 11 is 0. The molecule has 0 saturated heterocycles. The average Bonchev–Trinajstić information content (AvgIpc) is 2.39. The Kier molecular flexibility index (Phi) is 4.10.